The molecule has 0 saturated carbocycles. The molecule has 0 aliphatic carbocycles. The lowest BCUT2D eigenvalue weighted by Crippen LogP contribution is -2.27. The van der Waals surface area contributed by atoms with Crippen LogP contribution in [0.2, 0.25) is 0 Å². The summed E-state index contributed by atoms with van der Waals surface area (Å²) >= 11 is 0. The predicted octanol–water partition coefficient (Wildman–Crippen LogP) is 5.90. The fraction of sp³-hybridized carbons (Fsp3) is 0.346. The molecule has 0 fully saturated rings. The van der Waals surface area contributed by atoms with Gasteiger partial charge in [0, 0.05) is 24.0 Å². The van der Waals surface area contributed by atoms with Gasteiger partial charge in [0.15, 0.2) is 5.82 Å². The highest BCUT2D eigenvalue weighted by Crippen LogP contribution is 2.30. The van der Waals surface area contributed by atoms with Crippen molar-refractivity contribution >= 4 is 39.5 Å². The maximum absolute atomic E-state index is 12.1. The number of imidazole rings is 1. The number of hydrogen-bond acceptors (Lipinski definition) is 5. The van der Waals surface area contributed by atoms with Crippen LogP contribution in [0.3, 0.4) is 0 Å². The zero-order valence-corrected chi connectivity index (χ0v) is 19.7. The minimum atomic E-state index is -0.541. The number of unbranched alkanes of at least 4 members (excludes halogenated alkanes) is 1. The second-order valence-corrected chi connectivity index (χ2v) is 9.25. The molecule has 2 aromatic carbocycles. The zero-order chi connectivity index (χ0) is 23.6. The number of pyridine rings is 1. The van der Waals surface area contributed by atoms with E-state index in [9.17, 15) is 4.79 Å². The summed E-state index contributed by atoms with van der Waals surface area (Å²) in [6, 6.07) is 15.8. The molecule has 0 saturated heterocycles. The Hall–Kier alpha value is -3.61. The molecule has 2 aromatic heterocycles. The molecule has 0 bridgehead atoms. The van der Waals surface area contributed by atoms with E-state index in [1.165, 1.54) is 0 Å². The zero-order valence-electron chi connectivity index (χ0n) is 19.7. The number of hydrogen-bond donors (Lipinski definition) is 2. The number of aryl methyl sites for hydroxylation is 1. The summed E-state index contributed by atoms with van der Waals surface area (Å²) in [5.74, 6) is 1.46. The van der Waals surface area contributed by atoms with Crippen LogP contribution in [0.15, 0.2) is 48.5 Å². The van der Waals surface area contributed by atoms with E-state index in [1.807, 2.05) is 63.2 Å². The van der Waals surface area contributed by atoms with Crippen molar-refractivity contribution in [3.63, 3.8) is 0 Å². The third-order valence-electron chi connectivity index (χ3n) is 5.38. The molecular formula is C26H31N5O2. The second-order valence-electron chi connectivity index (χ2n) is 9.25. The van der Waals surface area contributed by atoms with E-state index in [1.54, 1.807) is 0 Å². The molecule has 0 spiro atoms. The van der Waals surface area contributed by atoms with Crippen LogP contribution in [-0.2, 0) is 17.7 Å². The van der Waals surface area contributed by atoms with Gasteiger partial charge in [-0.05, 0) is 51.0 Å². The van der Waals surface area contributed by atoms with Gasteiger partial charge < -0.3 is 15.0 Å². The highest BCUT2D eigenvalue weighted by atomic mass is 16.6. The first-order valence-corrected chi connectivity index (χ1v) is 11.4. The number of carbonyl (C=O) groups excluding carboxylic acids is 1. The largest absolute Gasteiger partial charge is 0.444 e. The molecule has 4 rings (SSSR count). The smallest absolute Gasteiger partial charge is 0.412 e. The third kappa shape index (κ3) is 5.08. The van der Waals surface area contributed by atoms with Crippen molar-refractivity contribution in [2.24, 2.45) is 0 Å². The van der Waals surface area contributed by atoms with Crippen LogP contribution >= 0.6 is 0 Å². The number of fused-ring (bicyclic) bond motifs is 3. The van der Waals surface area contributed by atoms with Crippen LogP contribution in [0.25, 0.3) is 21.9 Å². The van der Waals surface area contributed by atoms with E-state index >= 15 is 0 Å². The molecule has 0 unspecified atom stereocenters. The Bertz CT molecular complexity index is 1290. The number of benzene rings is 2. The topological polar surface area (TPSA) is 95.1 Å². The molecule has 0 aliphatic heterocycles. The van der Waals surface area contributed by atoms with E-state index in [4.69, 9.17) is 15.5 Å². The van der Waals surface area contributed by atoms with Crippen LogP contribution in [0.4, 0.5) is 16.3 Å². The Morgan fingerprint density at radius 2 is 1.82 bits per heavy atom. The van der Waals surface area contributed by atoms with Gasteiger partial charge >= 0.3 is 6.09 Å². The fourth-order valence-electron chi connectivity index (χ4n) is 3.90. The predicted molar refractivity (Wildman–Crippen MR) is 133 cm³/mol. The fourth-order valence-corrected chi connectivity index (χ4v) is 3.90. The van der Waals surface area contributed by atoms with E-state index in [2.05, 4.69) is 27.9 Å². The molecular weight excluding hydrogens is 414 g/mol. The van der Waals surface area contributed by atoms with Gasteiger partial charge in [-0.2, -0.15) is 0 Å². The second kappa shape index (κ2) is 9.10. The van der Waals surface area contributed by atoms with Crippen molar-refractivity contribution in [1.29, 1.82) is 0 Å². The van der Waals surface area contributed by atoms with Crippen molar-refractivity contribution in [2.75, 3.05) is 11.1 Å². The summed E-state index contributed by atoms with van der Waals surface area (Å²) in [6.45, 7) is 8.35. The Morgan fingerprint density at radius 3 is 2.52 bits per heavy atom. The maximum Gasteiger partial charge on any atom is 0.412 e. The molecule has 33 heavy (non-hydrogen) atoms. The van der Waals surface area contributed by atoms with Crippen molar-refractivity contribution < 1.29 is 9.53 Å². The summed E-state index contributed by atoms with van der Waals surface area (Å²) < 4.78 is 7.58. The minimum absolute atomic E-state index is 0.456. The summed E-state index contributed by atoms with van der Waals surface area (Å²) in [5.41, 5.74) is 10.2. The van der Waals surface area contributed by atoms with Crippen molar-refractivity contribution in [3.8, 4) is 0 Å². The van der Waals surface area contributed by atoms with Crippen LogP contribution in [0, 0.1) is 0 Å². The van der Waals surface area contributed by atoms with E-state index in [-0.39, 0.29) is 0 Å². The minimum Gasteiger partial charge on any atom is -0.444 e. The van der Waals surface area contributed by atoms with Gasteiger partial charge in [0.2, 0.25) is 0 Å². The van der Waals surface area contributed by atoms with Gasteiger partial charge in [0.25, 0.3) is 0 Å². The van der Waals surface area contributed by atoms with E-state index < -0.39 is 11.7 Å². The lowest BCUT2D eigenvalue weighted by molar-refractivity contribution is 0.0636. The van der Waals surface area contributed by atoms with Gasteiger partial charge in [-0.1, -0.05) is 43.7 Å². The first kappa shape index (κ1) is 22.6. The molecule has 7 nitrogen and oxygen atoms in total. The van der Waals surface area contributed by atoms with E-state index in [0.717, 1.165) is 52.6 Å². The number of rotatable bonds is 6. The lowest BCUT2D eigenvalue weighted by atomic mass is 10.1. The number of nitrogen functional groups attached to an aromatic ring is 1. The van der Waals surface area contributed by atoms with Crippen molar-refractivity contribution in [2.45, 2.75) is 59.1 Å². The van der Waals surface area contributed by atoms with Gasteiger partial charge in [0.05, 0.1) is 11.0 Å². The first-order valence-electron chi connectivity index (χ1n) is 11.4. The maximum atomic E-state index is 12.1. The van der Waals surface area contributed by atoms with Gasteiger partial charge in [-0.25, -0.2) is 14.8 Å². The normalized spacial score (nSPS) is 11.8. The first-order chi connectivity index (χ1) is 15.7. The van der Waals surface area contributed by atoms with Crippen molar-refractivity contribution in [1.82, 2.24) is 14.5 Å². The van der Waals surface area contributed by atoms with Gasteiger partial charge in [-0.15, -0.1) is 0 Å². The van der Waals surface area contributed by atoms with Gasteiger partial charge in [-0.3, -0.25) is 5.32 Å². The number of carbonyl (C=O) groups is 1. The Kier molecular flexibility index (Phi) is 6.22. The van der Waals surface area contributed by atoms with Crippen molar-refractivity contribution in [3.05, 3.63) is 59.9 Å². The molecule has 7 heteroatoms. The van der Waals surface area contributed by atoms with Crippen LogP contribution in [0.1, 0.15) is 51.9 Å². The standard InChI is InChI=1S/C26H31N5O2/c1-5-6-11-21-30-22-23(19-9-7-8-10-20(19)29-24(22)27)31(21)16-17-12-14-18(15-13-17)28-25(32)33-26(2,3)4/h7-10,12-15H,5-6,11,16H2,1-4H3,(H2,27,29)(H,28,32). The third-order valence-corrected chi connectivity index (χ3v) is 5.38. The number of amides is 1. The number of ether oxygens (including phenoxy) is 1. The Balaban J connectivity index is 1.68. The average molecular weight is 446 g/mol. The van der Waals surface area contributed by atoms with Crippen LogP contribution in [-0.4, -0.2) is 26.2 Å². The number of anilines is 2. The van der Waals surface area contributed by atoms with Crippen LogP contribution in [0.5, 0.6) is 0 Å². The molecule has 0 atom stereocenters. The summed E-state index contributed by atoms with van der Waals surface area (Å²) in [6.07, 6.45) is 2.54. The Morgan fingerprint density at radius 1 is 1.09 bits per heavy atom. The molecule has 4 aromatic rings. The van der Waals surface area contributed by atoms with Crippen LogP contribution < -0.4 is 11.1 Å². The monoisotopic (exact) mass is 445 g/mol. The molecule has 172 valence electrons. The molecule has 0 radical (unpaired) electrons. The molecule has 2 heterocycles. The number of nitrogens with two attached hydrogens (primary N) is 1. The number of nitrogens with one attached hydrogen (secondary N) is 1. The van der Waals surface area contributed by atoms with Gasteiger partial charge in [0.1, 0.15) is 16.9 Å². The highest BCUT2D eigenvalue weighted by molar-refractivity contribution is 6.06. The lowest BCUT2D eigenvalue weighted by Gasteiger charge is -2.19. The van der Waals surface area contributed by atoms with E-state index in [0.29, 0.717) is 18.1 Å². The summed E-state index contributed by atoms with van der Waals surface area (Å²) in [7, 11) is 0. The summed E-state index contributed by atoms with van der Waals surface area (Å²) in [5, 5.41) is 3.82. The number of nitrogens with zero attached hydrogens (tertiary/aromatic N) is 3. The highest BCUT2D eigenvalue weighted by Gasteiger charge is 2.18. The molecule has 0 aliphatic rings. The Labute approximate surface area is 194 Å². The quantitative estimate of drug-likeness (QED) is 0.385. The SMILES string of the molecule is CCCCc1nc2c(N)nc3ccccc3c2n1Cc1ccc(NC(=O)OC(C)(C)C)cc1. The summed E-state index contributed by atoms with van der Waals surface area (Å²) in [4.78, 5) is 21.5. The average Bonchev–Trinajstić information content (AvgIpc) is 3.11. The molecule has 3 N–H and O–H groups in total. The molecule has 1 amide bonds. The number of para-hydroxylation sites is 1. The number of aromatic nitrogens is 3.